The maximum absolute atomic E-state index is 12.0. The Hall–Kier alpha value is -2.61. The van der Waals surface area contributed by atoms with E-state index in [2.05, 4.69) is 23.8 Å². The highest BCUT2D eigenvalue weighted by atomic mass is 32.2. The van der Waals surface area contributed by atoms with E-state index >= 15 is 0 Å². The van der Waals surface area contributed by atoms with Crippen molar-refractivity contribution in [2.75, 3.05) is 19.0 Å². The Morgan fingerprint density at radius 3 is 2.11 bits per heavy atom. The van der Waals surface area contributed by atoms with Gasteiger partial charge in [-0.15, -0.1) is 0 Å². The third-order valence-corrected chi connectivity index (χ3v) is 6.73. The van der Waals surface area contributed by atoms with Crippen LogP contribution in [0.2, 0.25) is 0 Å². The number of carbonyl (C=O) groups excluding carboxylic acids is 1. The van der Waals surface area contributed by atoms with E-state index in [1.807, 2.05) is 50.2 Å². The number of benzene rings is 2. The molecule has 3 aromatic rings. The van der Waals surface area contributed by atoms with Crippen molar-refractivity contribution in [3.8, 4) is 0 Å². The number of nitrogens with zero attached hydrogens (tertiary/aromatic N) is 3. The first-order chi connectivity index (χ1) is 17.3. The van der Waals surface area contributed by atoms with Gasteiger partial charge in [-0.1, -0.05) is 63.8 Å². The van der Waals surface area contributed by atoms with Crippen LogP contribution in [-0.2, 0) is 11.2 Å². The second-order valence-electron chi connectivity index (χ2n) is 9.95. The summed E-state index contributed by atoms with van der Waals surface area (Å²) >= 11 is -0.169. The minimum absolute atomic E-state index is 0.0656. The Bertz CT molecular complexity index is 1130. The normalized spacial score (nSPS) is 17.2. The molecular weight excluding hydrogens is 495 g/mol. The molecule has 1 heterocycles. The van der Waals surface area contributed by atoms with Crippen molar-refractivity contribution < 1.29 is 18.0 Å². The molecule has 1 aliphatic rings. The van der Waals surface area contributed by atoms with Crippen LogP contribution >= 0.6 is 11.8 Å². The summed E-state index contributed by atoms with van der Waals surface area (Å²) < 4.78 is 36.1. The molecular formula is C29H38F3N3OS. The largest absolute Gasteiger partial charge is 0.446 e. The smallest absolute Gasteiger partial charge is 0.362 e. The number of para-hydroxylation sites is 1. The predicted molar refractivity (Wildman–Crippen MR) is 148 cm³/mol. The minimum Gasteiger partial charge on any atom is -0.362 e. The molecule has 1 aliphatic carbocycles. The summed E-state index contributed by atoms with van der Waals surface area (Å²) in [6.07, 6.45) is 6.07. The highest BCUT2D eigenvalue weighted by molar-refractivity contribution is 8.00. The zero-order valence-corrected chi connectivity index (χ0v) is 23.4. The lowest BCUT2D eigenvalue weighted by Crippen LogP contribution is -2.12. The molecule has 0 unspecified atom stereocenters. The molecule has 1 aromatic heterocycles. The van der Waals surface area contributed by atoms with Crippen molar-refractivity contribution in [3.05, 3.63) is 59.9 Å². The summed E-state index contributed by atoms with van der Waals surface area (Å²) in [5.74, 6) is 3.77. The van der Waals surface area contributed by atoms with Crippen LogP contribution in [0.4, 0.5) is 19.0 Å². The van der Waals surface area contributed by atoms with Crippen LogP contribution in [0.3, 0.4) is 0 Å². The molecule has 1 saturated carbocycles. The van der Waals surface area contributed by atoms with E-state index in [-0.39, 0.29) is 28.9 Å². The first-order valence-electron chi connectivity index (χ1n) is 12.6. The lowest BCUT2D eigenvalue weighted by atomic mass is 9.84. The van der Waals surface area contributed by atoms with Crippen molar-refractivity contribution in [1.82, 2.24) is 9.97 Å². The van der Waals surface area contributed by atoms with E-state index in [4.69, 9.17) is 0 Å². The van der Waals surface area contributed by atoms with Gasteiger partial charge < -0.3 is 4.90 Å². The number of aryl methyl sites for hydroxylation is 1. The molecule has 0 amide bonds. The Labute approximate surface area is 223 Å². The van der Waals surface area contributed by atoms with Crippen molar-refractivity contribution in [3.63, 3.8) is 0 Å². The number of hydrogen-bond acceptors (Lipinski definition) is 5. The number of anilines is 1. The Morgan fingerprint density at radius 1 is 0.973 bits per heavy atom. The number of Topliss-reactive ketones (excluding diaryl/α,β-unsaturated/α-hetero) is 1. The summed E-state index contributed by atoms with van der Waals surface area (Å²) in [4.78, 5) is 21.7. The molecule has 202 valence electrons. The number of aromatic nitrogens is 2. The highest BCUT2D eigenvalue weighted by Gasteiger charge is 2.29. The lowest BCUT2D eigenvalue weighted by molar-refractivity contribution is -0.116. The van der Waals surface area contributed by atoms with Gasteiger partial charge in [-0.3, -0.25) is 4.79 Å². The van der Waals surface area contributed by atoms with Crippen molar-refractivity contribution >= 4 is 34.3 Å². The van der Waals surface area contributed by atoms with Gasteiger partial charge in [0.25, 0.3) is 0 Å². The van der Waals surface area contributed by atoms with Crippen LogP contribution in [0.1, 0.15) is 57.8 Å². The molecule has 0 N–H and O–H groups in total. The van der Waals surface area contributed by atoms with Crippen LogP contribution < -0.4 is 4.90 Å². The fraction of sp³-hybridized carbons (Fsp3) is 0.483. The number of carbonyl (C=O) groups is 1. The number of rotatable bonds is 4. The van der Waals surface area contributed by atoms with Crippen LogP contribution in [0.15, 0.2) is 53.4 Å². The van der Waals surface area contributed by atoms with Gasteiger partial charge in [0.2, 0.25) is 0 Å². The number of fused-ring (bicyclic) bond motifs is 1. The van der Waals surface area contributed by atoms with Gasteiger partial charge in [0.05, 0.1) is 5.52 Å². The van der Waals surface area contributed by atoms with Crippen LogP contribution in [0, 0.1) is 18.8 Å². The predicted octanol–water partition coefficient (Wildman–Crippen LogP) is 8.27. The maximum atomic E-state index is 12.0. The standard InChI is InChI=1S/C11H13N3.C10H9F3OS.C8H16/c1-8-12-10-7-5-4-6-9(10)11(13-8)14(2)3;1-7(14)5-8-3-2-4-9(6-8)15-10(11,12)13;1-7-3-5-8(2)6-4-7/h4-7H,1-3H3;2-4,6H,5H2,1H3;7-8H,3-6H2,1-2H3. The van der Waals surface area contributed by atoms with Crippen molar-refractivity contribution in [2.24, 2.45) is 11.8 Å². The minimum atomic E-state index is -4.28. The second kappa shape index (κ2) is 14.4. The number of hydrogen-bond donors (Lipinski definition) is 0. The van der Waals surface area contributed by atoms with Crippen LogP contribution in [0.25, 0.3) is 10.9 Å². The molecule has 37 heavy (non-hydrogen) atoms. The molecule has 0 saturated heterocycles. The average molecular weight is 534 g/mol. The van der Waals surface area contributed by atoms with Gasteiger partial charge in [0, 0.05) is 30.8 Å². The number of thioether (sulfide) groups is 1. The summed E-state index contributed by atoms with van der Waals surface area (Å²) in [5.41, 5.74) is -2.67. The summed E-state index contributed by atoms with van der Waals surface area (Å²) in [6, 6.07) is 14.0. The van der Waals surface area contributed by atoms with Gasteiger partial charge in [0.1, 0.15) is 17.4 Å². The van der Waals surface area contributed by atoms with E-state index in [0.29, 0.717) is 5.56 Å². The fourth-order valence-electron chi connectivity index (χ4n) is 4.08. The van der Waals surface area contributed by atoms with Crippen molar-refractivity contribution in [1.29, 1.82) is 0 Å². The molecule has 4 rings (SSSR count). The van der Waals surface area contributed by atoms with E-state index in [1.54, 1.807) is 6.07 Å². The monoisotopic (exact) mass is 533 g/mol. The molecule has 2 aromatic carbocycles. The van der Waals surface area contributed by atoms with E-state index in [1.165, 1.54) is 50.8 Å². The third-order valence-electron chi connectivity index (χ3n) is 6.01. The van der Waals surface area contributed by atoms with Gasteiger partial charge in [-0.05, 0) is 67.3 Å². The van der Waals surface area contributed by atoms with Gasteiger partial charge in [0.15, 0.2) is 0 Å². The summed E-state index contributed by atoms with van der Waals surface area (Å²) in [5, 5.41) is 1.10. The average Bonchev–Trinajstić information content (AvgIpc) is 2.80. The SMILES string of the molecule is CC(=O)Cc1cccc(SC(F)(F)F)c1.CC1CCC(C)CC1.Cc1nc(N(C)C)c2ccccc2n1. The molecule has 0 bridgehead atoms. The van der Waals surface area contributed by atoms with Crippen LogP contribution in [0.5, 0.6) is 0 Å². The molecule has 1 fully saturated rings. The molecule has 0 aliphatic heterocycles. The fourth-order valence-corrected chi connectivity index (χ4v) is 4.70. The Kier molecular flexibility index (Phi) is 11.9. The number of halogens is 3. The first-order valence-corrected chi connectivity index (χ1v) is 13.4. The zero-order chi connectivity index (χ0) is 27.6. The first kappa shape index (κ1) is 30.6. The van der Waals surface area contributed by atoms with Gasteiger partial charge in [-0.25, -0.2) is 9.97 Å². The Morgan fingerprint density at radius 2 is 1.57 bits per heavy atom. The quantitative estimate of drug-likeness (QED) is 0.316. The number of ketones is 1. The molecule has 4 nitrogen and oxygen atoms in total. The third kappa shape index (κ3) is 11.5. The summed E-state index contributed by atoms with van der Waals surface area (Å²) in [6.45, 7) is 8.06. The topological polar surface area (TPSA) is 46.1 Å². The molecule has 0 spiro atoms. The number of alkyl halides is 3. The van der Waals surface area contributed by atoms with Gasteiger partial charge >= 0.3 is 5.51 Å². The van der Waals surface area contributed by atoms with E-state index in [9.17, 15) is 18.0 Å². The summed E-state index contributed by atoms with van der Waals surface area (Å²) in [7, 11) is 3.99. The molecule has 0 atom stereocenters. The highest BCUT2D eigenvalue weighted by Crippen LogP contribution is 2.37. The molecule has 0 radical (unpaired) electrons. The maximum Gasteiger partial charge on any atom is 0.446 e. The molecule has 8 heteroatoms. The van der Waals surface area contributed by atoms with E-state index in [0.717, 1.165) is 34.4 Å². The van der Waals surface area contributed by atoms with E-state index < -0.39 is 5.51 Å². The van der Waals surface area contributed by atoms with Crippen LogP contribution in [-0.4, -0.2) is 35.4 Å². The lowest BCUT2D eigenvalue weighted by Gasteiger charge is -2.22. The second-order valence-corrected chi connectivity index (χ2v) is 11.1. The zero-order valence-electron chi connectivity index (χ0n) is 22.6. The Balaban J connectivity index is 0.000000204. The van der Waals surface area contributed by atoms with Crippen molar-refractivity contribution in [2.45, 2.75) is 70.2 Å². The van der Waals surface area contributed by atoms with Gasteiger partial charge in [-0.2, -0.15) is 13.2 Å².